The van der Waals surface area contributed by atoms with Gasteiger partial charge in [0.1, 0.15) is 6.23 Å². The van der Waals surface area contributed by atoms with Gasteiger partial charge in [-0.25, -0.2) is 0 Å². The Morgan fingerprint density at radius 2 is 1.28 bits per heavy atom. The minimum Gasteiger partial charge on any atom is -0.391 e. The van der Waals surface area contributed by atoms with Gasteiger partial charge in [-0.3, -0.25) is 20.2 Å². The molecule has 0 bridgehead atoms. The highest BCUT2D eigenvalue weighted by Gasteiger charge is 2.46. The first-order valence-electron chi connectivity index (χ1n) is 14.2. The lowest BCUT2D eigenvalue weighted by atomic mass is 9.77. The first-order valence-corrected chi connectivity index (χ1v) is 14.2. The summed E-state index contributed by atoms with van der Waals surface area (Å²) in [6.07, 6.45) is 1.76. The van der Waals surface area contributed by atoms with Crippen LogP contribution in [0.25, 0.3) is 0 Å². The standard InChI is InChI=1S/C29H59N3O4/c1-13-20(7)23(31-27(36)21(8)14-2)25(34)29(11,17-19(5)6)32-24(22(9)33)26(35)28(10,30-12)16-15-18(3)4/h18-24,27,30-33,36H,13-17H2,1-12H3/t20?,21?,22?,23?,24?,27-,28?,29?/m1/s1. The molecule has 0 radical (unpaired) electrons. The number of ketones is 2. The monoisotopic (exact) mass is 513 g/mol. The molecule has 8 atom stereocenters. The van der Waals surface area contributed by atoms with Gasteiger partial charge in [0.15, 0.2) is 11.6 Å². The van der Waals surface area contributed by atoms with Crippen LogP contribution < -0.4 is 16.0 Å². The minimum absolute atomic E-state index is 0.00208. The number of hydrogen-bond acceptors (Lipinski definition) is 7. The molecule has 0 aliphatic rings. The molecule has 0 saturated heterocycles. The van der Waals surface area contributed by atoms with E-state index in [-0.39, 0.29) is 29.3 Å². The second-order valence-corrected chi connectivity index (χ2v) is 12.4. The average molecular weight is 514 g/mol. The average Bonchev–Trinajstić information content (AvgIpc) is 2.81. The lowest BCUT2D eigenvalue weighted by Crippen LogP contribution is -2.68. The summed E-state index contributed by atoms with van der Waals surface area (Å²) in [7, 11) is 1.77. The second-order valence-electron chi connectivity index (χ2n) is 12.4. The van der Waals surface area contributed by atoms with E-state index >= 15 is 0 Å². The Balaban J connectivity index is 6.35. The van der Waals surface area contributed by atoms with Crippen LogP contribution in [0.2, 0.25) is 0 Å². The molecule has 0 amide bonds. The van der Waals surface area contributed by atoms with Crippen molar-refractivity contribution in [3.63, 3.8) is 0 Å². The van der Waals surface area contributed by atoms with Crippen molar-refractivity contribution in [1.29, 1.82) is 0 Å². The molecular weight excluding hydrogens is 454 g/mol. The van der Waals surface area contributed by atoms with Crippen molar-refractivity contribution in [2.24, 2.45) is 23.7 Å². The summed E-state index contributed by atoms with van der Waals surface area (Å²) in [6, 6.07) is -1.50. The van der Waals surface area contributed by atoms with E-state index < -0.39 is 35.5 Å². The fourth-order valence-corrected chi connectivity index (χ4v) is 4.74. The van der Waals surface area contributed by atoms with Crippen molar-refractivity contribution >= 4 is 11.6 Å². The quantitative estimate of drug-likeness (QED) is 0.166. The van der Waals surface area contributed by atoms with E-state index in [1.807, 2.05) is 55.4 Å². The number of Topliss-reactive ketones (excluding diaryl/α,β-unsaturated/α-hetero) is 2. The fourth-order valence-electron chi connectivity index (χ4n) is 4.74. The molecule has 0 aromatic rings. The molecule has 0 aliphatic carbocycles. The van der Waals surface area contributed by atoms with Crippen LogP contribution in [0.5, 0.6) is 0 Å². The van der Waals surface area contributed by atoms with Crippen LogP contribution in [0, 0.1) is 23.7 Å². The first-order chi connectivity index (χ1) is 16.5. The van der Waals surface area contributed by atoms with E-state index in [4.69, 9.17) is 0 Å². The molecule has 0 fully saturated rings. The summed E-state index contributed by atoms with van der Waals surface area (Å²) in [5.41, 5.74) is -1.91. The van der Waals surface area contributed by atoms with E-state index in [1.165, 1.54) is 0 Å². The third-order valence-electron chi connectivity index (χ3n) is 7.95. The molecule has 36 heavy (non-hydrogen) atoms. The number of carbonyl (C=O) groups excluding carboxylic acids is 2. The van der Waals surface area contributed by atoms with Gasteiger partial charge in [0.2, 0.25) is 0 Å². The Morgan fingerprint density at radius 1 is 0.778 bits per heavy atom. The molecule has 0 aromatic carbocycles. The molecule has 214 valence electrons. The summed E-state index contributed by atoms with van der Waals surface area (Å²) in [6.45, 7) is 21.7. The predicted octanol–water partition coefficient (Wildman–Crippen LogP) is 4.05. The second kappa shape index (κ2) is 15.5. The molecule has 0 aliphatic heterocycles. The Bertz CT molecular complexity index is 669. The Kier molecular flexibility index (Phi) is 15.2. The molecule has 0 spiro atoms. The maximum atomic E-state index is 14.2. The van der Waals surface area contributed by atoms with E-state index in [1.54, 1.807) is 14.0 Å². The smallest absolute Gasteiger partial charge is 0.172 e. The number of carbonyl (C=O) groups is 2. The SMILES string of the molecule is CCC(C)C(N[C@H](O)C(C)CC)C(=O)C(C)(CC(C)C)NC(C(=O)C(C)(CCC(C)C)NC)C(C)O. The number of likely N-dealkylation sites (N-methyl/N-ethyl adjacent to an activating group) is 1. The topological polar surface area (TPSA) is 111 Å². The highest BCUT2D eigenvalue weighted by Crippen LogP contribution is 2.27. The Morgan fingerprint density at radius 3 is 1.67 bits per heavy atom. The highest BCUT2D eigenvalue weighted by molar-refractivity contribution is 5.96. The zero-order valence-electron chi connectivity index (χ0n) is 25.4. The van der Waals surface area contributed by atoms with Gasteiger partial charge in [-0.05, 0) is 77.2 Å². The number of rotatable bonds is 19. The first kappa shape index (κ1) is 35.1. The number of nitrogens with one attached hydrogen (secondary N) is 3. The molecule has 0 saturated carbocycles. The molecule has 0 aromatic heterocycles. The Hall–Kier alpha value is -0.860. The van der Waals surface area contributed by atoms with Gasteiger partial charge in [0, 0.05) is 0 Å². The number of aliphatic hydroxyl groups is 2. The third kappa shape index (κ3) is 10.1. The molecular formula is C29H59N3O4. The maximum Gasteiger partial charge on any atom is 0.172 e. The maximum absolute atomic E-state index is 14.2. The van der Waals surface area contributed by atoms with Gasteiger partial charge in [-0.1, -0.05) is 61.8 Å². The van der Waals surface area contributed by atoms with Crippen molar-refractivity contribution in [1.82, 2.24) is 16.0 Å². The van der Waals surface area contributed by atoms with E-state index in [9.17, 15) is 19.8 Å². The summed E-state index contributed by atoms with van der Waals surface area (Å²) >= 11 is 0. The Labute approximate surface area is 222 Å². The van der Waals surface area contributed by atoms with Crippen LogP contribution in [0.4, 0.5) is 0 Å². The van der Waals surface area contributed by atoms with Crippen LogP contribution in [0.3, 0.4) is 0 Å². The van der Waals surface area contributed by atoms with Crippen molar-refractivity contribution in [3.8, 4) is 0 Å². The highest BCUT2D eigenvalue weighted by atomic mass is 16.3. The fraction of sp³-hybridized carbons (Fsp3) is 0.931. The van der Waals surface area contributed by atoms with Gasteiger partial charge >= 0.3 is 0 Å². The largest absolute Gasteiger partial charge is 0.391 e. The van der Waals surface area contributed by atoms with Crippen molar-refractivity contribution in [2.45, 2.75) is 144 Å². The van der Waals surface area contributed by atoms with Gasteiger partial charge in [-0.2, -0.15) is 0 Å². The predicted molar refractivity (Wildman–Crippen MR) is 150 cm³/mol. The number of hydrogen-bond donors (Lipinski definition) is 5. The van der Waals surface area contributed by atoms with Crippen LogP contribution in [0.1, 0.15) is 108 Å². The van der Waals surface area contributed by atoms with Crippen LogP contribution in [-0.4, -0.2) is 64.3 Å². The number of aliphatic hydroxyl groups excluding tert-OH is 2. The van der Waals surface area contributed by atoms with Crippen molar-refractivity contribution in [2.75, 3.05) is 7.05 Å². The van der Waals surface area contributed by atoms with Crippen LogP contribution in [0.15, 0.2) is 0 Å². The van der Waals surface area contributed by atoms with E-state index in [2.05, 4.69) is 29.8 Å². The summed E-state index contributed by atoms with van der Waals surface area (Å²) < 4.78 is 0. The third-order valence-corrected chi connectivity index (χ3v) is 7.95. The summed E-state index contributed by atoms with van der Waals surface area (Å²) in [5, 5.41) is 31.3. The zero-order valence-corrected chi connectivity index (χ0v) is 25.4. The molecule has 0 heterocycles. The molecule has 0 rings (SSSR count). The molecule has 5 N–H and O–H groups in total. The lowest BCUT2D eigenvalue weighted by molar-refractivity contribution is -0.135. The van der Waals surface area contributed by atoms with Crippen LogP contribution in [-0.2, 0) is 9.59 Å². The van der Waals surface area contributed by atoms with Crippen LogP contribution >= 0.6 is 0 Å². The molecule has 7 unspecified atom stereocenters. The summed E-state index contributed by atoms with van der Waals surface area (Å²) in [5.74, 6) is 0.368. The van der Waals surface area contributed by atoms with E-state index in [0.29, 0.717) is 18.8 Å². The van der Waals surface area contributed by atoms with Crippen molar-refractivity contribution < 1.29 is 19.8 Å². The molecule has 7 heteroatoms. The zero-order chi connectivity index (χ0) is 28.4. The lowest BCUT2D eigenvalue weighted by Gasteiger charge is -2.42. The van der Waals surface area contributed by atoms with Gasteiger partial charge in [0.05, 0.1) is 29.3 Å². The van der Waals surface area contributed by atoms with E-state index in [0.717, 1.165) is 19.3 Å². The van der Waals surface area contributed by atoms with Gasteiger partial charge < -0.3 is 15.5 Å². The summed E-state index contributed by atoms with van der Waals surface area (Å²) in [4.78, 5) is 28.1. The van der Waals surface area contributed by atoms with Gasteiger partial charge in [0.25, 0.3) is 0 Å². The van der Waals surface area contributed by atoms with Crippen molar-refractivity contribution in [3.05, 3.63) is 0 Å². The molecule has 7 nitrogen and oxygen atoms in total. The normalized spacial score (nSPS) is 20.8. The van der Waals surface area contributed by atoms with Gasteiger partial charge in [-0.15, -0.1) is 0 Å². The minimum atomic E-state index is -1.07.